The van der Waals surface area contributed by atoms with E-state index in [0.717, 1.165) is 18.4 Å². The van der Waals surface area contributed by atoms with Crippen LogP contribution in [-0.4, -0.2) is 55.0 Å². The molecule has 2 N–H and O–H groups in total. The Balaban J connectivity index is 2.07. The highest BCUT2D eigenvalue weighted by molar-refractivity contribution is 5.74. The fraction of sp³-hybridized carbons (Fsp3) is 0.611. The van der Waals surface area contributed by atoms with Crippen LogP contribution < -0.4 is 5.32 Å². The first-order valence-electron chi connectivity index (χ1n) is 8.27. The molecule has 0 aromatic heterocycles. The lowest BCUT2D eigenvalue weighted by Gasteiger charge is -2.38. The third kappa shape index (κ3) is 4.92. The third-order valence-corrected chi connectivity index (χ3v) is 4.46. The van der Waals surface area contributed by atoms with Gasteiger partial charge in [0.15, 0.2) is 0 Å². The maximum absolute atomic E-state index is 13.2. The van der Waals surface area contributed by atoms with E-state index in [2.05, 4.69) is 5.32 Å². The number of carbonyl (C=O) groups excluding carboxylic acids is 1. The van der Waals surface area contributed by atoms with E-state index in [0.29, 0.717) is 19.8 Å². The molecule has 2 amide bonds. The van der Waals surface area contributed by atoms with Crippen molar-refractivity contribution in [1.82, 2.24) is 10.2 Å². The number of aliphatic hydroxyl groups is 1. The fourth-order valence-electron chi connectivity index (χ4n) is 3.17. The van der Waals surface area contributed by atoms with Crippen molar-refractivity contribution in [2.24, 2.45) is 0 Å². The molecule has 1 aromatic carbocycles. The van der Waals surface area contributed by atoms with Gasteiger partial charge in [0.05, 0.1) is 12.1 Å². The van der Waals surface area contributed by atoms with Gasteiger partial charge in [-0.15, -0.1) is 0 Å². The molecule has 1 aliphatic rings. The number of urea groups is 1. The number of carbonyl (C=O) groups is 1. The molecule has 0 saturated carbocycles. The number of hydrogen-bond donors (Lipinski definition) is 2. The predicted molar refractivity (Wildman–Crippen MR) is 90.5 cm³/mol. The van der Waals surface area contributed by atoms with Crippen molar-refractivity contribution in [3.05, 3.63) is 35.6 Å². The number of benzene rings is 1. The minimum absolute atomic E-state index is 0.231. The molecule has 24 heavy (non-hydrogen) atoms. The first-order chi connectivity index (χ1) is 11.2. The van der Waals surface area contributed by atoms with Gasteiger partial charge >= 0.3 is 6.03 Å². The van der Waals surface area contributed by atoms with Crippen LogP contribution in [-0.2, 0) is 10.2 Å². The highest BCUT2D eigenvalue weighted by atomic mass is 19.1. The summed E-state index contributed by atoms with van der Waals surface area (Å²) in [5, 5.41) is 12.8. The van der Waals surface area contributed by atoms with Crippen molar-refractivity contribution in [3.63, 3.8) is 0 Å². The third-order valence-electron chi connectivity index (χ3n) is 4.46. The molecule has 0 radical (unpaired) electrons. The summed E-state index contributed by atoms with van der Waals surface area (Å²) in [6.45, 7) is 5.26. The maximum Gasteiger partial charge on any atom is 0.317 e. The van der Waals surface area contributed by atoms with E-state index in [1.807, 2.05) is 0 Å². The largest absolute Gasteiger partial charge is 0.389 e. The molecule has 134 valence electrons. The van der Waals surface area contributed by atoms with Crippen LogP contribution in [0.5, 0.6) is 0 Å². The Morgan fingerprint density at radius 2 is 1.92 bits per heavy atom. The van der Waals surface area contributed by atoms with Crippen LogP contribution in [0.15, 0.2) is 24.3 Å². The van der Waals surface area contributed by atoms with Crippen molar-refractivity contribution in [2.45, 2.75) is 37.7 Å². The molecule has 0 bridgehead atoms. The Labute approximate surface area is 142 Å². The molecular formula is C18H27FN2O3. The van der Waals surface area contributed by atoms with Gasteiger partial charge in [0.25, 0.3) is 0 Å². The van der Waals surface area contributed by atoms with Gasteiger partial charge in [0, 0.05) is 32.2 Å². The van der Waals surface area contributed by atoms with Gasteiger partial charge in [-0.05, 0) is 44.4 Å². The van der Waals surface area contributed by atoms with Crippen LogP contribution in [0.1, 0.15) is 32.3 Å². The lowest BCUT2D eigenvalue weighted by Crippen LogP contribution is -2.50. The number of ether oxygens (including phenoxy) is 1. The van der Waals surface area contributed by atoms with Gasteiger partial charge in [-0.25, -0.2) is 9.18 Å². The zero-order chi connectivity index (χ0) is 17.8. The first-order valence-corrected chi connectivity index (χ1v) is 8.27. The Morgan fingerprint density at radius 1 is 1.33 bits per heavy atom. The van der Waals surface area contributed by atoms with Crippen LogP contribution in [0.25, 0.3) is 0 Å². The van der Waals surface area contributed by atoms with E-state index in [1.54, 1.807) is 33.0 Å². The van der Waals surface area contributed by atoms with Crippen molar-refractivity contribution in [3.8, 4) is 0 Å². The zero-order valence-electron chi connectivity index (χ0n) is 14.6. The monoisotopic (exact) mass is 338 g/mol. The number of amides is 2. The van der Waals surface area contributed by atoms with Gasteiger partial charge in [0.2, 0.25) is 0 Å². The highest BCUT2D eigenvalue weighted by Crippen LogP contribution is 2.34. The summed E-state index contributed by atoms with van der Waals surface area (Å²) in [5.74, 6) is -0.269. The number of nitrogens with zero attached hydrogens (tertiary/aromatic N) is 1. The minimum Gasteiger partial charge on any atom is -0.389 e. The quantitative estimate of drug-likeness (QED) is 0.866. The fourth-order valence-corrected chi connectivity index (χ4v) is 3.17. The van der Waals surface area contributed by atoms with E-state index in [4.69, 9.17) is 4.74 Å². The molecule has 1 saturated heterocycles. The molecule has 6 heteroatoms. The maximum atomic E-state index is 13.2. The van der Waals surface area contributed by atoms with E-state index in [-0.39, 0.29) is 23.8 Å². The van der Waals surface area contributed by atoms with Crippen LogP contribution in [0.2, 0.25) is 0 Å². The molecule has 1 fully saturated rings. The standard InChI is InChI=1S/C18H27FN2O3/c1-17(2,23)13-21(3)16(22)20-12-18(8-10-24-11-9-18)14-4-6-15(19)7-5-14/h4-7,23H,8-13H2,1-3H3,(H,20,22). The van der Waals surface area contributed by atoms with Gasteiger partial charge in [-0.3, -0.25) is 0 Å². The summed E-state index contributed by atoms with van der Waals surface area (Å²) in [5.41, 5.74) is -0.186. The Hall–Kier alpha value is -1.66. The number of halogens is 1. The summed E-state index contributed by atoms with van der Waals surface area (Å²) in [4.78, 5) is 13.8. The van der Waals surface area contributed by atoms with Gasteiger partial charge < -0.3 is 20.1 Å². The van der Waals surface area contributed by atoms with E-state index < -0.39 is 5.60 Å². The topological polar surface area (TPSA) is 61.8 Å². The van der Waals surface area contributed by atoms with Crippen LogP contribution in [0.4, 0.5) is 9.18 Å². The van der Waals surface area contributed by atoms with Crippen molar-refractivity contribution in [1.29, 1.82) is 0 Å². The molecular weight excluding hydrogens is 311 g/mol. The second-order valence-corrected chi connectivity index (χ2v) is 7.23. The van der Waals surface area contributed by atoms with Crippen LogP contribution in [0, 0.1) is 5.82 Å². The lowest BCUT2D eigenvalue weighted by atomic mass is 9.74. The van der Waals surface area contributed by atoms with E-state index >= 15 is 0 Å². The molecule has 1 aliphatic heterocycles. The second-order valence-electron chi connectivity index (χ2n) is 7.23. The molecule has 2 rings (SSSR count). The highest BCUT2D eigenvalue weighted by Gasteiger charge is 2.35. The molecule has 5 nitrogen and oxygen atoms in total. The number of nitrogens with one attached hydrogen (secondary N) is 1. The molecule has 1 heterocycles. The van der Waals surface area contributed by atoms with E-state index in [9.17, 15) is 14.3 Å². The van der Waals surface area contributed by atoms with Gasteiger partial charge in [0.1, 0.15) is 5.82 Å². The van der Waals surface area contributed by atoms with Crippen molar-refractivity contribution >= 4 is 6.03 Å². The van der Waals surface area contributed by atoms with E-state index in [1.165, 1.54) is 17.0 Å². The molecule has 0 spiro atoms. The SMILES string of the molecule is CN(CC(C)(C)O)C(=O)NCC1(c2ccc(F)cc2)CCOCC1. The first kappa shape index (κ1) is 18.7. The summed E-state index contributed by atoms with van der Waals surface area (Å²) in [6.07, 6.45) is 1.54. The van der Waals surface area contributed by atoms with Crippen molar-refractivity contribution in [2.75, 3.05) is 33.4 Å². The number of hydrogen-bond acceptors (Lipinski definition) is 3. The predicted octanol–water partition coefficient (Wildman–Crippen LogP) is 2.29. The van der Waals surface area contributed by atoms with Crippen LogP contribution >= 0.6 is 0 Å². The number of rotatable bonds is 5. The lowest BCUT2D eigenvalue weighted by molar-refractivity contribution is 0.0458. The van der Waals surface area contributed by atoms with Crippen LogP contribution in [0.3, 0.4) is 0 Å². The summed E-state index contributed by atoms with van der Waals surface area (Å²) in [6, 6.07) is 6.25. The Kier molecular flexibility index (Phi) is 5.83. The normalized spacial score (nSPS) is 17.4. The minimum atomic E-state index is -0.945. The molecule has 0 aliphatic carbocycles. The Bertz CT molecular complexity index is 548. The van der Waals surface area contributed by atoms with Gasteiger partial charge in [-0.1, -0.05) is 12.1 Å². The zero-order valence-corrected chi connectivity index (χ0v) is 14.6. The number of likely N-dealkylation sites (N-methyl/N-ethyl adjacent to an activating group) is 1. The van der Waals surface area contributed by atoms with Crippen molar-refractivity contribution < 1.29 is 19.0 Å². The molecule has 1 aromatic rings. The average Bonchev–Trinajstić information content (AvgIpc) is 2.52. The Morgan fingerprint density at radius 3 is 2.46 bits per heavy atom. The van der Waals surface area contributed by atoms with Gasteiger partial charge in [-0.2, -0.15) is 0 Å². The smallest absolute Gasteiger partial charge is 0.317 e. The molecule has 0 unspecified atom stereocenters. The molecule has 0 atom stereocenters. The summed E-state index contributed by atoms with van der Waals surface area (Å²) >= 11 is 0. The average molecular weight is 338 g/mol. The second kappa shape index (κ2) is 7.49. The summed E-state index contributed by atoms with van der Waals surface area (Å²) in [7, 11) is 1.65. The summed E-state index contributed by atoms with van der Waals surface area (Å²) < 4.78 is 18.7.